The summed E-state index contributed by atoms with van der Waals surface area (Å²) in [5, 5.41) is 3.76. The van der Waals surface area contributed by atoms with E-state index in [1.54, 1.807) is 0 Å². The predicted octanol–water partition coefficient (Wildman–Crippen LogP) is 2.00. The molecule has 2 rings (SSSR count). The quantitative estimate of drug-likeness (QED) is 0.690. The van der Waals surface area contributed by atoms with Gasteiger partial charge in [0.1, 0.15) is 0 Å². The van der Waals surface area contributed by atoms with Crippen LogP contribution >= 0.6 is 0 Å². The van der Waals surface area contributed by atoms with Crippen LogP contribution in [0.2, 0.25) is 0 Å². The van der Waals surface area contributed by atoms with E-state index < -0.39 is 0 Å². The van der Waals surface area contributed by atoms with Crippen molar-refractivity contribution in [2.24, 2.45) is 0 Å². The van der Waals surface area contributed by atoms with Crippen LogP contribution in [0.25, 0.3) is 0 Å². The Labute approximate surface area is 88.1 Å². The molecule has 1 saturated carbocycles. The van der Waals surface area contributed by atoms with Crippen LogP contribution in [0.3, 0.4) is 0 Å². The smallest absolute Gasteiger partial charge is 0.0252 e. The molecule has 1 aliphatic heterocycles. The summed E-state index contributed by atoms with van der Waals surface area (Å²) in [7, 11) is 0. The molecule has 14 heavy (non-hydrogen) atoms. The highest BCUT2D eigenvalue weighted by molar-refractivity contribution is 4.95. The first-order chi connectivity index (χ1) is 6.68. The third-order valence-electron chi connectivity index (χ3n) is 3.80. The lowest BCUT2D eigenvalue weighted by Gasteiger charge is -2.49. The minimum atomic E-state index is 0.678. The van der Waals surface area contributed by atoms with Gasteiger partial charge in [0.25, 0.3) is 0 Å². The Morgan fingerprint density at radius 2 is 1.93 bits per heavy atom. The normalized spacial score (nSPS) is 39.9. The molecule has 2 fully saturated rings. The van der Waals surface area contributed by atoms with E-state index in [9.17, 15) is 0 Å². The van der Waals surface area contributed by atoms with Gasteiger partial charge in [0.05, 0.1) is 0 Å². The molecule has 0 aromatic heterocycles. The second kappa shape index (κ2) is 4.19. The molecule has 1 saturated heterocycles. The third-order valence-corrected chi connectivity index (χ3v) is 3.80. The van der Waals surface area contributed by atoms with Crippen molar-refractivity contribution < 1.29 is 0 Å². The monoisotopic (exact) mass is 196 g/mol. The largest absolute Gasteiger partial charge is 0.309 e. The SMILES string of the molecule is CC1CN(C(C)C)C2CCCCC2N1. The first kappa shape index (κ1) is 10.4. The van der Waals surface area contributed by atoms with Gasteiger partial charge in [-0.15, -0.1) is 0 Å². The van der Waals surface area contributed by atoms with Crippen LogP contribution in [0.4, 0.5) is 0 Å². The zero-order chi connectivity index (χ0) is 10.1. The molecule has 3 unspecified atom stereocenters. The summed E-state index contributed by atoms with van der Waals surface area (Å²) in [5.41, 5.74) is 0. The van der Waals surface area contributed by atoms with Crippen LogP contribution in [0.1, 0.15) is 46.5 Å². The fraction of sp³-hybridized carbons (Fsp3) is 1.00. The molecule has 0 aromatic carbocycles. The van der Waals surface area contributed by atoms with Gasteiger partial charge in [0.15, 0.2) is 0 Å². The molecule has 0 bridgehead atoms. The summed E-state index contributed by atoms with van der Waals surface area (Å²) in [6, 6.07) is 2.98. The van der Waals surface area contributed by atoms with Crippen molar-refractivity contribution in [1.82, 2.24) is 10.2 Å². The summed E-state index contributed by atoms with van der Waals surface area (Å²) in [5.74, 6) is 0. The topological polar surface area (TPSA) is 15.3 Å². The van der Waals surface area contributed by atoms with E-state index in [1.807, 2.05) is 0 Å². The van der Waals surface area contributed by atoms with Crippen LogP contribution in [-0.4, -0.2) is 35.6 Å². The van der Waals surface area contributed by atoms with Crippen molar-refractivity contribution in [2.75, 3.05) is 6.54 Å². The van der Waals surface area contributed by atoms with E-state index in [0.717, 1.165) is 12.1 Å². The highest BCUT2D eigenvalue weighted by Crippen LogP contribution is 2.28. The third kappa shape index (κ3) is 1.96. The van der Waals surface area contributed by atoms with Gasteiger partial charge >= 0.3 is 0 Å². The molecule has 0 spiro atoms. The van der Waals surface area contributed by atoms with Crippen LogP contribution in [-0.2, 0) is 0 Å². The first-order valence-corrected chi connectivity index (χ1v) is 6.20. The Morgan fingerprint density at radius 3 is 2.64 bits per heavy atom. The summed E-state index contributed by atoms with van der Waals surface area (Å²) >= 11 is 0. The van der Waals surface area contributed by atoms with Crippen molar-refractivity contribution in [3.63, 3.8) is 0 Å². The lowest BCUT2D eigenvalue weighted by atomic mass is 9.86. The van der Waals surface area contributed by atoms with E-state index in [4.69, 9.17) is 0 Å². The molecular formula is C12H24N2. The molecule has 0 amide bonds. The number of hydrogen-bond acceptors (Lipinski definition) is 2. The Balaban J connectivity index is 2.07. The van der Waals surface area contributed by atoms with Crippen molar-refractivity contribution in [2.45, 2.75) is 70.6 Å². The van der Waals surface area contributed by atoms with Crippen molar-refractivity contribution in [3.8, 4) is 0 Å². The van der Waals surface area contributed by atoms with E-state index in [1.165, 1.54) is 32.2 Å². The molecule has 1 heterocycles. The molecule has 2 heteroatoms. The summed E-state index contributed by atoms with van der Waals surface area (Å²) in [4.78, 5) is 2.71. The van der Waals surface area contributed by atoms with Gasteiger partial charge in [-0.1, -0.05) is 12.8 Å². The summed E-state index contributed by atoms with van der Waals surface area (Å²) in [6.45, 7) is 8.23. The average molecular weight is 196 g/mol. The molecule has 82 valence electrons. The maximum Gasteiger partial charge on any atom is 0.0252 e. The first-order valence-electron chi connectivity index (χ1n) is 6.20. The Bertz CT molecular complexity index is 191. The molecule has 2 nitrogen and oxygen atoms in total. The lowest BCUT2D eigenvalue weighted by Crippen LogP contribution is -2.63. The van der Waals surface area contributed by atoms with Gasteiger partial charge in [-0.2, -0.15) is 0 Å². The Kier molecular flexibility index (Phi) is 3.13. The number of fused-ring (bicyclic) bond motifs is 1. The highest BCUT2D eigenvalue weighted by Gasteiger charge is 2.36. The number of hydrogen-bond donors (Lipinski definition) is 1. The number of rotatable bonds is 1. The molecule has 0 radical (unpaired) electrons. The van der Waals surface area contributed by atoms with Gasteiger partial charge < -0.3 is 5.32 Å². The highest BCUT2D eigenvalue weighted by atomic mass is 15.3. The van der Waals surface area contributed by atoms with Gasteiger partial charge in [-0.05, 0) is 33.6 Å². The van der Waals surface area contributed by atoms with Gasteiger partial charge in [0.2, 0.25) is 0 Å². The maximum atomic E-state index is 3.76. The van der Waals surface area contributed by atoms with Crippen molar-refractivity contribution in [3.05, 3.63) is 0 Å². The van der Waals surface area contributed by atoms with E-state index >= 15 is 0 Å². The molecular weight excluding hydrogens is 172 g/mol. The minimum Gasteiger partial charge on any atom is -0.309 e. The van der Waals surface area contributed by atoms with Crippen LogP contribution in [0, 0.1) is 0 Å². The predicted molar refractivity (Wildman–Crippen MR) is 60.5 cm³/mol. The lowest BCUT2D eigenvalue weighted by molar-refractivity contribution is 0.0419. The fourth-order valence-electron chi connectivity index (χ4n) is 3.17. The number of nitrogens with one attached hydrogen (secondary N) is 1. The minimum absolute atomic E-state index is 0.678. The molecule has 1 aliphatic carbocycles. The second-order valence-corrected chi connectivity index (χ2v) is 5.32. The molecule has 1 N–H and O–H groups in total. The summed E-state index contributed by atoms with van der Waals surface area (Å²) < 4.78 is 0. The Morgan fingerprint density at radius 1 is 1.21 bits per heavy atom. The summed E-state index contributed by atoms with van der Waals surface area (Å²) in [6.07, 6.45) is 5.65. The van der Waals surface area contributed by atoms with Gasteiger partial charge in [0, 0.05) is 30.7 Å². The fourth-order valence-corrected chi connectivity index (χ4v) is 3.17. The van der Waals surface area contributed by atoms with E-state index in [2.05, 4.69) is 31.0 Å². The van der Waals surface area contributed by atoms with E-state index in [-0.39, 0.29) is 0 Å². The van der Waals surface area contributed by atoms with Gasteiger partial charge in [-0.25, -0.2) is 0 Å². The van der Waals surface area contributed by atoms with Crippen LogP contribution in [0.5, 0.6) is 0 Å². The second-order valence-electron chi connectivity index (χ2n) is 5.32. The standard InChI is InChI=1S/C12H24N2/c1-9(2)14-8-10(3)13-11-6-4-5-7-12(11)14/h9-13H,4-8H2,1-3H3. The molecule has 0 aromatic rings. The maximum absolute atomic E-state index is 3.76. The number of piperazine rings is 1. The number of nitrogens with zero attached hydrogens (tertiary/aromatic N) is 1. The molecule has 3 atom stereocenters. The van der Waals surface area contributed by atoms with Crippen molar-refractivity contribution >= 4 is 0 Å². The van der Waals surface area contributed by atoms with Crippen LogP contribution < -0.4 is 5.32 Å². The zero-order valence-electron chi connectivity index (χ0n) is 9.79. The van der Waals surface area contributed by atoms with Gasteiger partial charge in [-0.3, -0.25) is 4.90 Å². The van der Waals surface area contributed by atoms with E-state index in [0.29, 0.717) is 12.1 Å². The van der Waals surface area contributed by atoms with Crippen molar-refractivity contribution in [1.29, 1.82) is 0 Å². The average Bonchev–Trinajstić information content (AvgIpc) is 2.16. The Hall–Kier alpha value is -0.0800. The van der Waals surface area contributed by atoms with Crippen LogP contribution in [0.15, 0.2) is 0 Å². The zero-order valence-corrected chi connectivity index (χ0v) is 9.79. The molecule has 2 aliphatic rings.